The molecule has 3 N–H and O–H groups in total. The Hall–Kier alpha value is -1.59. The van der Waals surface area contributed by atoms with E-state index >= 15 is 0 Å². The summed E-state index contributed by atoms with van der Waals surface area (Å²) in [4.78, 5) is 14.3. The van der Waals surface area contributed by atoms with Gasteiger partial charge >= 0.3 is 0 Å². The van der Waals surface area contributed by atoms with Crippen LogP contribution in [0.25, 0.3) is 0 Å². The van der Waals surface area contributed by atoms with E-state index in [1.807, 2.05) is 6.07 Å². The Labute approximate surface area is 125 Å². The lowest BCUT2D eigenvalue weighted by Crippen LogP contribution is -2.27. The van der Waals surface area contributed by atoms with Gasteiger partial charge in [-0.1, -0.05) is 13.0 Å². The van der Waals surface area contributed by atoms with Crippen molar-refractivity contribution in [3.63, 3.8) is 0 Å². The zero-order chi connectivity index (χ0) is 14.8. The molecule has 114 valence electrons. The molecule has 2 heterocycles. The predicted octanol–water partition coefficient (Wildman–Crippen LogP) is 1.50. The van der Waals surface area contributed by atoms with Crippen LogP contribution in [0.15, 0.2) is 18.2 Å². The second-order valence-corrected chi connectivity index (χ2v) is 5.93. The third-order valence-electron chi connectivity index (χ3n) is 4.38. The first-order valence-corrected chi connectivity index (χ1v) is 7.77. The molecule has 3 rings (SSSR count). The Morgan fingerprint density at radius 2 is 2.33 bits per heavy atom. The highest BCUT2D eigenvalue weighted by molar-refractivity contribution is 6.03. The van der Waals surface area contributed by atoms with Gasteiger partial charge in [0, 0.05) is 42.6 Å². The summed E-state index contributed by atoms with van der Waals surface area (Å²) in [5.41, 5.74) is 3.08. The molecule has 0 saturated carbocycles. The van der Waals surface area contributed by atoms with Crippen LogP contribution in [-0.2, 0) is 4.79 Å². The minimum absolute atomic E-state index is 0.0326. The lowest BCUT2D eigenvalue weighted by atomic mass is 10.1. The van der Waals surface area contributed by atoms with Gasteiger partial charge in [-0.2, -0.15) is 0 Å². The lowest BCUT2D eigenvalue weighted by Gasteiger charge is -2.19. The average Bonchev–Trinajstić information content (AvgIpc) is 3.08. The number of carbonyl (C=O) groups is 1. The van der Waals surface area contributed by atoms with Gasteiger partial charge in [-0.05, 0) is 31.5 Å². The molecule has 2 unspecified atom stereocenters. The number of hydrogen-bond donors (Lipinski definition) is 3. The summed E-state index contributed by atoms with van der Waals surface area (Å²) in [5.74, 6) is 0.400. The summed E-state index contributed by atoms with van der Waals surface area (Å²) in [7, 11) is 0. The van der Waals surface area contributed by atoms with Crippen LogP contribution < -0.4 is 15.5 Å². The molecule has 2 atom stereocenters. The summed E-state index contributed by atoms with van der Waals surface area (Å²) >= 11 is 0. The highest BCUT2D eigenvalue weighted by Gasteiger charge is 2.31. The van der Waals surface area contributed by atoms with Gasteiger partial charge in [0.1, 0.15) is 6.04 Å². The van der Waals surface area contributed by atoms with Crippen LogP contribution in [0.1, 0.15) is 31.4 Å². The van der Waals surface area contributed by atoms with Crippen LogP contribution in [0.3, 0.4) is 0 Å². The Morgan fingerprint density at radius 1 is 1.48 bits per heavy atom. The minimum atomic E-state index is -0.224. The largest absolute Gasteiger partial charge is 0.396 e. The van der Waals surface area contributed by atoms with Crippen molar-refractivity contribution in [2.24, 2.45) is 5.92 Å². The maximum Gasteiger partial charge on any atom is 0.246 e. The standard InChI is InChI=1S/C16H23N3O2/c1-2-6-17-15-13-4-3-12(8-14(13)18-16(15)21)19-7-5-11(9-19)10-20/h3-4,8,11,15,17,20H,2,5-7,9-10H2,1H3,(H,18,21). The van der Waals surface area contributed by atoms with E-state index in [0.29, 0.717) is 5.92 Å². The van der Waals surface area contributed by atoms with Crippen molar-refractivity contribution >= 4 is 17.3 Å². The molecule has 1 saturated heterocycles. The molecular weight excluding hydrogens is 266 g/mol. The summed E-state index contributed by atoms with van der Waals surface area (Å²) in [6.45, 7) is 5.04. The van der Waals surface area contributed by atoms with E-state index in [9.17, 15) is 9.90 Å². The van der Waals surface area contributed by atoms with Gasteiger partial charge in [0.05, 0.1) is 0 Å². The van der Waals surface area contributed by atoms with E-state index in [0.717, 1.165) is 49.4 Å². The number of aliphatic hydroxyl groups is 1. The summed E-state index contributed by atoms with van der Waals surface area (Å²) < 4.78 is 0. The molecule has 21 heavy (non-hydrogen) atoms. The number of anilines is 2. The molecule has 1 fully saturated rings. The molecule has 0 aliphatic carbocycles. The average molecular weight is 289 g/mol. The summed E-state index contributed by atoms with van der Waals surface area (Å²) in [6.07, 6.45) is 2.04. The molecular formula is C16H23N3O2. The molecule has 0 spiro atoms. The normalized spacial score (nSPS) is 24.3. The SMILES string of the molecule is CCCNC1C(=O)Nc2cc(N3CCC(CO)C3)ccc21. The monoisotopic (exact) mass is 289 g/mol. The number of nitrogens with one attached hydrogen (secondary N) is 2. The second kappa shape index (κ2) is 6.03. The number of nitrogens with zero attached hydrogens (tertiary/aromatic N) is 1. The van der Waals surface area contributed by atoms with Crippen LogP contribution in [0.2, 0.25) is 0 Å². The first kappa shape index (κ1) is 14.4. The van der Waals surface area contributed by atoms with Crippen LogP contribution in [0, 0.1) is 5.92 Å². The lowest BCUT2D eigenvalue weighted by molar-refractivity contribution is -0.117. The summed E-state index contributed by atoms with van der Waals surface area (Å²) in [6, 6.07) is 5.96. The highest BCUT2D eigenvalue weighted by atomic mass is 16.3. The number of hydrogen-bond acceptors (Lipinski definition) is 4. The van der Waals surface area contributed by atoms with E-state index in [4.69, 9.17) is 0 Å². The smallest absolute Gasteiger partial charge is 0.246 e. The third kappa shape index (κ3) is 2.76. The highest BCUT2D eigenvalue weighted by Crippen LogP contribution is 2.35. The van der Waals surface area contributed by atoms with Crippen LogP contribution >= 0.6 is 0 Å². The zero-order valence-electron chi connectivity index (χ0n) is 12.4. The minimum Gasteiger partial charge on any atom is -0.396 e. The zero-order valence-corrected chi connectivity index (χ0v) is 12.4. The van der Waals surface area contributed by atoms with Crippen molar-refractivity contribution in [2.75, 3.05) is 36.5 Å². The first-order valence-electron chi connectivity index (χ1n) is 7.77. The molecule has 5 nitrogen and oxygen atoms in total. The van der Waals surface area contributed by atoms with Gasteiger partial charge in [0.15, 0.2) is 0 Å². The number of carbonyl (C=O) groups excluding carboxylic acids is 1. The number of amides is 1. The van der Waals surface area contributed by atoms with Gasteiger partial charge in [-0.15, -0.1) is 0 Å². The van der Waals surface area contributed by atoms with Gasteiger partial charge in [0.2, 0.25) is 5.91 Å². The molecule has 0 bridgehead atoms. The molecule has 5 heteroatoms. The van der Waals surface area contributed by atoms with Gasteiger partial charge < -0.3 is 20.6 Å². The Morgan fingerprint density at radius 3 is 3.05 bits per heavy atom. The molecule has 0 aromatic heterocycles. The van der Waals surface area contributed by atoms with Crippen LogP contribution in [0.4, 0.5) is 11.4 Å². The van der Waals surface area contributed by atoms with E-state index in [1.54, 1.807) is 0 Å². The quantitative estimate of drug-likeness (QED) is 0.768. The number of aliphatic hydroxyl groups excluding tert-OH is 1. The van der Waals surface area contributed by atoms with Crippen molar-refractivity contribution in [3.8, 4) is 0 Å². The van der Waals surface area contributed by atoms with Gasteiger partial charge in [-0.25, -0.2) is 0 Å². The second-order valence-electron chi connectivity index (χ2n) is 5.93. The topological polar surface area (TPSA) is 64.6 Å². The fourth-order valence-corrected chi connectivity index (χ4v) is 3.15. The van der Waals surface area contributed by atoms with Crippen molar-refractivity contribution in [1.82, 2.24) is 5.32 Å². The first-order chi connectivity index (χ1) is 10.2. The Bertz CT molecular complexity index is 532. The van der Waals surface area contributed by atoms with Crippen molar-refractivity contribution < 1.29 is 9.90 Å². The van der Waals surface area contributed by atoms with E-state index < -0.39 is 0 Å². The van der Waals surface area contributed by atoms with Gasteiger partial charge in [0.25, 0.3) is 0 Å². The van der Waals surface area contributed by atoms with Crippen LogP contribution in [0.5, 0.6) is 0 Å². The fraction of sp³-hybridized carbons (Fsp3) is 0.562. The Balaban J connectivity index is 1.77. The van der Waals surface area contributed by atoms with Gasteiger partial charge in [-0.3, -0.25) is 4.79 Å². The van der Waals surface area contributed by atoms with Crippen molar-refractivity contribution in [1.29, 1.82) is 0 Å². The van der Waals surface area contributed by atoms with E-state index in [2.05, 4.69) is 34.6 Å². The molecule has 2 aliphatic heterocycles. The molecule has 1 amide bonds. The molecule has 1 aromatic carbocycles. The number of benzene rings is 1. The van der Waals surface area contributed by atoms with E-state index in [-0.39, 0.29) is 18.6 Å². The van der Waals surface area contributed by atoms with Crippen molar-refractivity contribution in [3.05, 3.63) is 23.8 Å². The fourth-order valence-electron chi connectivity index (χ4n) is 3.15. The maximum absolute atomic E-state index is 12.0. The van der Waals surface area contributed by atoms with E-state index in [1.165, 1.54) is 0 Å². The number of fused-ring (bicyclic) bond motifs is 1. The number of rotatable bonds is 5. The maximum atomic E-state index is 12.0. The molecule has 0 radical (unpaired) electrons. The molecule has 1 aromatic rings. The van der Waals surface area contributed by atoms with Crippen molar-refractivity contribution in [2.45, 2.75) is 25.8 Å². The Kier molecular flexibility index (Phi) is 4.12. The molecule has 2 aliphatic rings. The predicted molar refractivity (Wildman–Crippen MR) is 83.5 cm³/mol. The van der Waals surface area contributed by atoms with Crippen LogP contribution in [-0.4, -0.2) is 37.3 Å². The third-order valence-corrected chi connectivity index (χ3v) is 4.38. The summed E-state index contributed by atoms with van der Waals surface area (Å²) in [5, 5.41) is 15.5.